The van der Waals surface area contributed by atoms with Crippen molar-refractivity contribution in [1.82, 2.24) is 29.4 Å². The molecular formula is C24H21N7O4. The van der Waals surface area contributed by atoms with E-state index in [4.69, 9.17) is 10.2 Å². The monoisotopic (exact) mass is 471 g/mol. The Kier molecular flexibility index (Phi) is 5.58. The number of pyridine rings is 3. The van der Waals surface area contributed by atoms with Crippen molar-refractivity contribution in [3.8, 4) is 17.3 Å². The standard InChI is InChI=1S/C24H21N7O4/c1-13(32)23(34)30-8-6-16(7-9-30)31-21-17(22(33)29-24(31)35)12-27-19-5-4-18(28-20(19)21)14-2-3-15(10-25)26-11-14/h2-5,11-13,16,32H,6-9H2,1H3,(H,29,33,35)/t13-/m0/s1. The van der Waals surface area contributed by atoms with Gasteiger partial charge in [0.05, 0.1) is 22.1 Å². The number of piperidine rings is 1. The molecule has 176 valence electrons. The predicted octanol–water partition coefficient (Wildman–Crippen LogP) is 1.11. The molecule has 5 rings (SSSR count). The van der Waals surface area contributed by atoms with Gasteiger partial charge in [-0.2, -0.15) is 5.26 Å². The SMILES string of the molecule is C[C@H](O)C(=O)N1CCC(n2c(=O)[nH]c(=O)c3cnc4ccc(-c5ccc(C#N)nc5)nc4c32)CC1. The number of nitrogens with one attached hydrogen (secondary N) is 1. The van der Waals surface area contributed by atoms with E-state index in [1.165, 1.54) is 13.1 Å². The Hall–Kier alpha value is -4.43. The minimum absolute atomic E-state index is 0.238. The number of carbonyl (C=O) groups is 1. The fourth-order valence-electron chi connectivity index (χ4n) is 4.52. The first kappa shape index (κ1) is 22.4. The number of aromatic amines is 1. The molecule has 0 bridgehead atoms. The van der Waals surface area contributed by atoms with Gasteiger partial charge in [0.25, 0.3) is 11.5 Å². The summed E-state index contributed by atoms with van der Waals surface area (Å²) in [4.78, 5) is 55.0. The van der Waals surface area contributed by atoms with E-state index in [-0.39, 0.29) is 23.0 Å². The van der Waals surface area contributed by atoms with Crippen molar-refractivity contribution in [2.75, 3.05) is 13.1 Å². The average molecular weight is 471 g/mol. The van der Waals surface area contributed by atoms with Crippen LogP contribution in [-0.2, 0) is 4.79 Å². The van der Waals surface area contributed by atoms with Crippen LogP contribution in [0.1, 0.15) is 31.5 Å². The molecule has 2 N–H and O–H groups in total. The van der Waals surface area contributed by atoms with Gasteiger partial charge in [0.2, 0.25) is 0 Å². The third-order valence-electron chi connectivity index (χ3n) is 6.28. The van der Waals surface area contributed by atoms with E-state index in [2.05, 4.69) is 15.0 Å². The second-order valence-electron chi connectivity index (χ2n) is 8.49. The third-order valence-corrected chi connectivity index (χ3v) is 6.28. The van der Waals surface area contributed by atoms with Gasteiger partial charge < -0.3 is 10.0 Å². The van der Waals surface area contributed by atoms with Crippen LogP contribution in [0.25, 0.3) is 33.2 Å². The lowest BCUT2D eigenvalue weighted by Gasteiger charge is -2.34. The van der Waals surface area contributed by atoms with Crippen molar-refractivity contribution >= 4 is 27.8 Å². The molecule has 1 atom stereocenters. The lowest BCUT2D eigenvalue weighted by molar-refractivity contribution is -0.140. The Labute approximate surface area is 198 Å². The van der Waals surface area contributed by atoms with Crippen LogP contribution < -0.4 is 11.2 Å². The maximum atomic E-state index is 13.0. The van der Waals surface area contributed by atoms with E-state index in [1.807, 2.05) is 6.07 Å². The summed E-state index contributed by atoms with van der Waals surface area (Å²) in [7, 11) is 0. The van der Waals surface area contributed by atoms with E-state index in [1.54, 1.807) is 39.9 Å². The van der Waals surface area contributed by atoms with Gasteiger partial charge in [0.15, 0.2) is 0 Å². The number of hydrogen-bond donors (Lipinski definition) is 2. The number of aliphatic hydroxyl groups is 1. The highest BCUT2D eigenvalue weighted by atomic mass is 16.3. The Balaban J connectivity index is 1.66. The fourth-order valence-corrected chi connectivity index (χ4v) is 4.52. The Morgan fingerprint density at radius 1 is 1.17 bits per heavy atom. The maximum Gasteiger partial charge on any atom is 0.329 e. The average Bonchev–Trinajstić information content (AvgIpc) is 2.88. The van der Waals surface area contributed by atoms with Crippen LogP contribution >= 0.6 is 0 Å². The number of likely N-dealkylation sites (tertiary alicyclic amines) is 1. The summed E-state index contributed by atoms with van der Waals surface area (Å²) in [6.07, 6.45) is 2.84. The number of hydrogen-bond acceptors (Lipinski definition) is 8. The lowest BCUT2D eigenvalue weighted by Crippen LogP contribution is -2.45. The number of H-pyrrole nitrogens is 1. The van der Waals surface area contributed by atoms with E-state index in [0.29, 0.717) is 53.7 Å². The van der Waals surface area contributed by atoms with Crippen LogP contribution in [0.5, 0.6) is 0 Å². The Bertz CT molecular complexity index is 1610. The quantitative estimate of drug-likeness (QED) is 0.421. The van der Waals surface area contributed by atoms with Crippen molar-refractivity contribution in [1.29, 1.82) is 5.26 Å². The molecule has 0 saturated carbocycles. The first-order valence-corrected chi connectivity index (χ1v) is 11.1. The molecule has 0 radical (unpaired) electrons. The number of aliphatic hydroxyl groups excluding tert-OH is 1. The number of nitrogens with zero attached hydrogens (tertiary/aromatic N) is 6. The molecule has 5 heterocycles. The molecule has 1 aliphatic heterocycles. The highest BCUT2D eigenvalue weighted by Crippen LogP contribution is 2.29. The summed E-state index contributed by atoms with van der Waals surface area (Å²) in [5.41, 5.74) is 1.70. The van der Waals surface area contributed by atoms with Gasteiger partial charge in [-0.25, -0.2) is 14.8 Å². The number of aromatic nitrogens is 5. The van der Waals surface area contributed by atoms with E-state index >= 15 is 0 Å². The van der Waals surface area contributed by atoms with Crippen molar-refractivity contribution < 1.29 is 9.90 Å². The minimum Gasteiger partial charge on any atom is -0.384 e. The number of amides is 1. The summed E-state index contributed by atoms with van der Waals surface area (Å²) in [5, 5.41) is 18.9. The normalized spacial score (nSPS) is 15.3. The van der Waals surface area contributed by atoms with Gasteiger partial charge >= 0.3 is 5.69 Å². The van der Waals surface area contributed by atoms with Crippen LogP contribution in [0.2, 0.25) is 0 Å². The van der Waals surface area contributed by atoms with Crippen LogP contribution in [0, 0.1) is 11.3 Å². The van der Waals surface area contributed by atoms with E-state index in [0.717, 1.165) is 0 Å². The zero-order chi connectivity index (χ0) is 24.7. The van der Waals surface area contributed by atoms with Gasteiger partial charge in [-0.1, -0.05) is 0 Å². The molecule has 11 heteroatoms. The minimum atomic E-state index is -1.09. The molecule has 35 heavy (non-hydrogen) atoms. The topological polar surface area (TPSA) is 158 Å². The molecular weight excluding hydrogens is 450 g/mol. The largest absolute Gasteiger partial charge is 0.384 e. The highest BCUT2D eigenvalue weighted by molar-refractivity contribution is 6.01. The maximum absolute atomic E-state index is 13.0. The molecule has 0 spiro atoms. The van der Waals surface area contributed by atoms with Crippen molar-refractivity contribution in [2.45, 2.75) is 31.9 Å². The molecule has 1 saturated heterocycles. The molecule has 0 aliphatic carbocycles. The van der Waals surface area contributed by atoms with Crippen molar-refractivity contribution in [3.05, 3.63) is 63.2 Å². The zero-order valence-electron chi connectivity index (χ0n) is 18.8. The van der Waals surface area contributed by atoms with Gasteiger partial charge in [-0.3, -0.25) is 24.1 Å². The molecule has 0 unspecified atom stereocenters. The first-order chi connectivity index (χ1) is 16.9. The molecule has 4 aromatic heterocycles. The zero-order valence-corrected chi connectivity index (χ0v) is 18.8. The third kappa shape index (κ3) is 3.94. The molecule has 1 aliphatic rings. The van der Waals surface area contributed by atoms with Crippen LogP contribution in [0.15, 0.2) is 46.2 Å². The summed E-state index contributed by atoms with van der Waals surface area (Å²) in [6.45, 7) is 2.18. The fraction of sp³-hybridized carbons (Fsp3) is 0.292. The van der Waals surface area contributed by atoms with E-state index < -0.39 is 17.4 Å². The molecule has 0 aromatic carbocycles. The van der Waals surface area contributed by atoms with Crippen LogP contribution in [0.4, 0.5) is 0 Å². The first-order valence-electron chi connectivity index (χ1n) is 11.1. The highest BCUT2D eigenvalue weighted by Gasteiger charge is 2.28. The second kappa shape index (κ2) is 8.73. The van der Waals surface area contributed by atoms with Gasteiger partial charge in [-0.05, 0) is 44.0 Å². The molecule has 1 amide bonds. The summed E-state index contributed by atoms with van der Waals surface area (Å²) < 4.78 is 1.54. The Morgan fingerprint density at radius 2 is 1.94 bits per heavy atom. The number of carbonyl (C=O) groups excluding carboxylic acids is 1. The summed E-state index contributed by atoms with van der Waals surface area (Å²) >= 11 is 0. The van der Waals surface area contributed by atoms with Crippen molar-refractivity contribution in [2.24, 2.45) is 0 Å². The predicted molar refractivity (Wildman–Crippen MR) is 126 cm³/mol. The van der Waals surface area contributed by atoms with Crippen LogP contribution in [0.3, 0.4) is 0 Å². The second-order valence-corrected chi connectivity index (χ2v) is 8.49. The molecule has 4 aromatic rings. The summed E-state index contributed by atoms with van der Waals surface area (Å²) in [5.74, 6) is -0.348. The number of fused-ring (bicyclic) bond motifs is 3. The Morgan fingerprint density at radius 3 is 2.60 bits per heavy atom. The molecule has 1 fully saturated rings. The summed E-state index contributed by atoms with van der Waals surface area (Å²) in [6, 6.07) is 8.53. The number of rotatable bonds is 3. The smallest absolute Gasteiger partial charge is 0.329 e. The number of nitriles is 1. The van der Waals surface area contributed by atoms with Gasteiger partial charge in [-0.15, -0.1) is 0 Å². The molecule has 11 nitrogen and oxygen atoms in total. The van der Waals surface area contributed by atoms with Crippen molar-refractivity contribution in [3.63, 3.8) is 0 Å². The van der Waals surface area contributed by atoms with Gasteiger partial charge in [0.1, 0.15) is 23.4 Å². The van der Waals surface area contributed by atoms with Gasteiger partial charge in [0, 0.05) is 37.1 Å². The van der Waals surface area contributed by atoms with E-state index in [9.17, 15) is 19.5 Å². The lowest BCUT2D eigenvalue weighted by atomic mass is 10.0. The van der Waals surface area contributed by atoms with Crippen LogP contribution in [-0.4, -0.2) is 59.6 Å².